The van der Waals surface area contributed by atoms with E-state index in [1.807, 2.05) is 36.9 Å². The average molecular weight is 303 g/mol. The van der Waals surface area contributed by atoms with Gasteiger partial charge in [-0.2, -0.15) is 0 Å². The van der Waals surface area contributed by atoms with Crippen LogP contribution in [0.25, 0.3) is 0 Å². The summed E-state index contributed by atoms with van der Waals surface area (Å²) >= 11 is 0. The van der Waals surface area contributed by atoms with Gasteiger partial charge in [-0.05, 0) is 50.3 Å². The molecule has 0 spiro atoms. The van der Waals surface area contributed by atoms with Crippen LogP contribution in [0.1, 0.15) is 40.7 Å². The molecule has 1 N–H and O–H groups in total. The minimum absolute atomic E-state index is 0.0466. The Labute approximate surface area is 132 Å². The smallest absolute Gasteiger partial charge is 0.254 e. The highest BCUT2D eigenvalue weighted by Gasteiger charge is 2.40. The van der Waals surface area contributed by atoms with Gasteiger partial charge < -0.3 is 14.7 Å². The summed E-state index contributed by atoms with van der Waals surface area (Å²) in [5, 5.41) is 10.3. The molecule has 2 saturated heterocycles. The van der Waals surface area contributed by atoms with Crippen LogP contribution in [-0.4, -0.2) is 47.8 Å². The summed E-state index contributed by atoms with van der Waals surface area (Å²) in [5.41, 5.74) is 2.99. The molecule has 0 saturated carbocycles. The number of rotatable bonds is 2. The molecule has 3 rings (SSSR count). The Morgan fingerprint density at radius 1 is 1.32 bits per heavy atom. The second kappa shape index (κ2) is 6.39. The molecule has 0 aliphatic carbocycles. The van der Waals surface area contributed by atoms with E-state index in [2.05, 4.69) is 0 Å². The molecule has 3 atom stereocenters. The topological polar surface area (TPSA) is 49.8 Å². The van der Waals surface area contributed by atoms with Gasteiger partial charge in [0.15, 0.2) is 0 Å². The number of likely N-dealkylation sites (tertiary alicyclic amines) is 1. The monoisotopic (exact) mass is 303 g/mol. The van der Waals surface area contributed by atoms with E-state index in [-0.39, 0.29) is 24.0 Å². The van der Waals surface area contributed by atoms with E-state index in [1.165, 1.54) is 0 Å². The first kappa shape index (κ1) is 15.5. The molecule has 1 aromatic rings. The number of aliphatic hydroxyl groups excluding tert-OH is 1. The number of carbonyl (C=O) groups is 1. The van der Waals surface area contributed by atoms with Gasteiger partial charge in [-0.1, -0.05) is 12.1 Å². The normalized spacial score (nSPS) is 28.9. The molecule has 0 radical (unpaired) electrons. The third-order valence-corrected chi connectivity index (χ3v) is 5.25. The van der Waals surface area contributed by atoms with Crippen LogP contribution in [0.2, 0.25) is 0 Å². The van der Waals surface area contributed by atoms with Crippen LogP contribution in [0, 0.1) is 19.8 Å². The molecular formula is C18H25NO3. The van der Waals surface area contributed by atoms with Crippen molar-refractivity contribution in [2.75, 3.05) is 19.8 Å². The van der Waals surface area contributed by atoms with Crippen LogP contribution < -0.4 is 0 Å². The lowest BCUT2D eigenvalue weighted by atomic mass is 9.89. The van der Waals surface area contributed by atoms with Crippen molar-refractivity contribution in [1.82, 2.24) is 4.90 Å². The first-order valence-corrected chi connectivity index (χ1v) is 8.22. The zero-order valence-electron chi connectivity index (χ0n) is 13.4. The third kappa shape index (κ3) is 2.77. The largest absolute Gasteiger partial charge is 0.393 e. The Morgan fingerprint density at radius 3 is 2.91 bits per heavy atom. The van der Waals surface area contributed by atoms with Crippen molar-refractivity contribution in [2.45, 2.75) is 45.3 Å². The van der Waals surface area contributed by atoms with Crippen molar-refractivity contribution in [3.05, 3.63) is 34.9 Å². The van der Waals surface area contributed by atoms with Gasteiger partial charge in [-0.15, -0.1) is 0 Å². The second-order valence-electron chi connectivity index (χ2n) is 6.55. The number of hydrogen-bond donors (Lipinski definition) is 1. The van der Waals surface area contributed by atoms with Gasteiger partial charge >= 0.3 is 0 Å². The Balaban J connectivity index is 1.83. The molecule has 2 fully saturated rings. The Hall–Kier alpha value is -1.39. The lowest BCUT2D eigenvalue weighted by molar-refractivity contribution is -0.0589. The SMILES string of the molecule is Cc1cccc(C(=O)N2CCCC2C2COCCC2O)c1C. The molecule has 2 aliphatic heterocycles. The number of amides is 1. The lowest BCUT2D eigenvalue weighted by Gasteiger charge is -2.37. The van der Waals surface area contributed by atoms with Crippen molar-refractivity contribution >= 4 is 5.91 Å². The summed E-state index contributed by atoms with van der Waals surface area (Å²) in [5.74, 6) is 0.145. The summed E-state index contributed by atoms with van der Waals surface area (Å²) in [6, 6.07) is 5.99. The van der Waals surface area contributed by atoms with Crippen LogP contribution in [-0.2, 0) is 4.74 Å². The molecule has 4 nitrogen and oxygen atoms in total. The van der Waals surface area contributed by atoms with Crippen molar-refractivity contribution in [3.8, 4) is 0 Å². The average Bonchev–Trinajstić information content (AvgIpc) is 2.99. The second-order valence-corrected chi connectivity index (χ2v) is 6.55. The molecule has 0 aromatic heterocycles. The van der Waals surface area contributed by atoms with E-state index < -0.39 is 0 Å². The van der Waals surface area contributed by atoms with Gasteiger partial charge in [-0.3, -0.25) is 4.79 Å². The molecule has 22 heavy (non-hydrogen) atoms. The van der Waals surface area contributed by atoms with E-state index in [1.54, 1.807) is 0 Å². The highest BCUT2D eigenvalue weighted by molar-refractivity contribution is 5.96. The fraction of sp³-hybridized carbons (Fsp3) is 0.611. The summed E-state index contributed by atoms with van der Waals surface area (Å²) in [7, 11) is 0. The quantitative estimate of drug-likeness (QED) is 0.912. The maximum Gasteiger partial charge on any atom is 0.254 e. The molecule has 2 aliphatic rings. The molecule has 0 bridgehead atoms. The van der Waals surface area contributed by atoms with Crippen LogP contribution in [0.5, 0.6) is 0 Å². The fourth-order valence-electron chi connectivity index (χ4n) is 3.74. The molecule has 3 unspecified atom stereocenters. The van der Waals surface area contributed by atoms with Gasteiger partial charge in [0.25, 0.3) is 5.91 Å². The summed E-state index contributed by atoms with van der Waals surface area (Å²) in [4.78, 5) is 14.9. The predicted molar refractivity (Wildman–Crippen MR) is 84.9 cm³/mol. The summed E-state index contributed by atoms with van der Waals surface area (Å²) < 4.78 is 5.54. The van der Waals surface area contributed by atoms with Gasteiger partial charge in [0.1, 0.15) is 0 Å². The number of nitrogens with zero attached hydrogens (tertiary/aromatic N) is 1. The van der Waals surface area contributed by atoms with Crippen LogP contribution in [0.3, 0.4) is 0 Å². The Bertz CT molecular complexity index is 557. The molecule has 1 aromatic carbocycles. The third-order valence-electron chi connectivity index (χ3n) is 5.25. The van der Waals surface area contributed by atoms with Gasteiger partial charge in [0, 0.05) is 30.7 Å². The van der Waals surface area contributed by atoms with E-state index in [0.717, 1.165) is 36.1 Å². The number of hydrogen-bond acceptors (Lipinski definition) is 3. The van der Waals surface area contributed by atoms with E-state index >= 15 is 0 Å². The van der Waals surface area contributed by atoms with E-state index in [4.69, 9.17) is 4.74 Å². The highest BCUT2D eigenvalue weighted by Crippen LogP contribution is 2.31. The summed E-state index contributed by atoms with van der Waals surface area (Å²) in [6.45, 7) is 6.00. The molecule has 1 amide bonds. The lowest BCUT2D eigenvalue weighted by Crippen LogP contribution is -2.48. The summed E-state index contributed by atoms with van der Waals surface area (Å²) in [6.07, 6.45) is 2.28. The number of aliphatic hydroxyl groups is 1. The maximum absolute atomic E-state index is 13.0. The van der Waals surface area contributed by atoms with Crippen LogP contribution in [0.4, 0.5) is 0 Å². The standard InChI is InChI=1S/C18H25NO3/c1-12-5-3-6-14(13(12)2)18(21)19-9-4-7-16(19)15-11-22-10-8-17(15)20/h3,5-6,15-17,20H,4,7-11H2,1-2H3. The first-order valence-electron chi connectivity index (χ1n) is 8.22. The van der Waals surface area contributed by atoms with Crippen LogP contribution >= 0.6 is 0 Å². The first-order chi connectivity index (χ1) is 10.6. The minimum Gasteiger partial charge on any atom is -0.393 e. The van der Waals surface area contributed by atoms with Crippen molar-refractivity contribution < 1.29 is 14.6 Å². The Morgan fingerprint density at radius 2 is 2.14 bits per heavy atom. The van der Waals surface area contributed by atoms with E-state index in [9.17, 15) is 9.90 Å². The van der Waals surface area contributed by atoms with Gasteiger partial charge in [0.05, 0.1) is 12.7 Å². The van der Waals surface area contributed by atoms with Crippen molar-refractivity contribution in [2.24, 2.45) is 5.92 Å². The molecule has 2 heterocycles. The highest BCUT2D eigenvalue weighted by atomic mass is 16.5. The number of benzene rings is 1. The van der Waals surface area contributed by atoms with E-state index in [0.29, 0.717) is 19.6 Å². The number of ether oxygens (including phenoxy) is 1. The number of aryl methyl sites for hydroxylation is 1. The number of carbonyl (C=O) groups excluding carboxylic acids is 1. The zero-order valence-corrected chi connectivity index (χ0v) is 13.4. The molecule has 120 valence electrons. The predicted octanol–water partition coefficient (Wildman–Crippen LogP) is 2.31. The van der Waals surface area contributed by atoms with Crippen molar-refractivity contribution in [1.29, 1.82) is 0 Å². The van der Waals surface area contributed by atoms with Crippen molar-refractivity contribution in [3.63, 3.8) is 0 Å². The Kier molecular flexibility index (Phi) is 4.50. The van der Waals surface area contributed by atoms with Gasteiger partial charge in [-0.25, -0.2) is 0 Å². The zero-order chi connectivity index (χ0) is 15.7. The minimum atomic E-state index is -0.356. The van der Waals surface area contributed by atoms with Crippen LogP contribution in [0.15, 0.2) is 18.2 Å². The van der Waals surface area contributed by atoms with Gasteiger partial charge in [0.2, 0.25) is 0 Å². The molecular weight excluding hydrogens is 278 g/mol. The fourth-order valence-corrected chi connectivity index (χ4v) is 3.74. The molecule has 4 heteroatoms. The maximum atomic E-state index is 13.0.